The van der Waals surface area contributed by atoms with Crippen LogP contribution in [0.25, 0.3) is 0 Å². The van der Waals surface area contributed by atoms with Gasteiger partial charge in [-0.25, -0.2) is 0 Å². The summed E-state index contributed by atoms with van der Waals surface area (Å²) in [6.45, 7) is 3.89. The lowest BCUT2D eigenvalue weighted by molar-refractivity contribution is -0.115. The minimum Gasteiger partial charge on any atom is -0.496 e. The first-order valence-electron chi connectivity index (χ1n) is 5.18. The number of hydrogen-bond acceptors (Lipinski definition) is 2. The number of carbonyl (C=O) groups is 1. The highest BCUT2D eigenvalue weighted by Gasteiger charge is 2.04. The zero-order valence-corrected chi connectivity index (χ0v) is 9.46. The van der Waals surface area contributed by atoms with Crippen LogP contribution in [0.3, 0.4) is 0 Å². The van der Waals surface area contributed by atoms with Crippen molar-refractivity contribution in [2.75, 3.05) is 12.4 Å². The van der Waals surface area contributed by atoms with Gasteiger partial charge in [-0.15, -0.1) is 0 Å². The van der Waals surface area contributed by atoms with Gasteiger partial charge < -0.3 is 10.1 Å². The van der Waals surface area contributed by atoms with Gasteiger partial charge in [-0.3, -0.25) is 4.79 Å². The molecule has 1 aromatic rings. The van der Waals surface area contributed by atoms with Crippen molar-refractivity contribution in [1.82, 2.24) is 0 Å². The second kappa shape index (κ2) is 5.39. The van der Waals surface area contributed by atoms with Crippen molar-refractivity contribution in [3.8, 4) is 5.75 Å². The Morgan fingerprint density at radius 2 is 2.13 bits per heavy atom. The number of anilines is 1. The second-order valence-corrected chi connectivity index (χ2v) is 3.28. The highest BCUT2D eigenvalue weighted by atomic mass is 16.5. The first kappa shape index (κ1) is 11.6. The minimum atomic E-state index is 0.0298. The van der Waals surface area contributed by atoms with E-state index < -0.39 is 0 Å². The first-order chi connectivity index (χ1) is 7.21. The summed E-state index contributed by atoms with van der Waals surface area (Å²) in [4.78, 5) is 11.2. The third-order valence-corrected chi connectivity index (χ3v) is 2.27. The van der Waals surface area contributed by atoms with E-state index in [4.69, 9.17) is 4.74 Å². The molecular weight excluding hydrogens is 190 g/mol. The van der Waals surface area contributed by atoms with Crippen LogP contribution in [-0.2, 0) is 11.2 Å². The van der Waals surface area contributed by atoms with Gasteiger partial charge in [0.25, 0.3) is 0 Å². The fraction of sp³-hybridized carbons (Fsp3) is 0.417. The van der Waals surface area contributed by atoms with Gasteiger partial charge in [0.1, 0.15) is 5.75 Å². The molecule has 0 fully saturated rings. The molecule has 15 heavy (non-hydrogen) atoms. The van der Waals surface area contributed by atoms with Crippen molar-refractivity contribution in [1.29, 1.82) is 0 Å². The van der Waals surface area contributed by atoms with Crippen molar-refractivity contribution in [3.63, 3.8) is 0 Å². The van der Waals surface area contributed by atoms with Gasteiger partial charge in [0.05, 0.1) is 7.11 Å². The first-order valence-corrected chi connectivity index (χ1v) is 5.18. The summed E-state index contributed by atoms with van der Waals surface area (Å²) in [6.07, 6.45) is 1.38. The van der Waals surface area contributed by atoms with E-state index in [0.717, 1.165) is 23.4 Å². The molecule has 1 aromatic carbocycles. The quantitative estimate of drug-likeness (QED) is 0.824. The Balaban J connectivity index is 2.88. The van der Waals surface area contributed by atoms with Crippen LogP contribution in [-0.4, -0.2) is 13.0 Å². The maximum Gasteiger partial charge on any atom is 0.224 e. The van der Waals surface area contributed by atoms with Gasteiger partial charge in [-0.2, -0.15) is 0 Å². The van der Waals surface area contributed by atoms with E-state index in [1.165, 1.54) is 0 Å². The van der Waals surface area contributed by atoms with Crippen LogP contribution in [0, 0.1) is 0 Å². The summed E-state index contributed by atoms with van der Waals surface area (Å²) >= 11 is 0. The summed E-state index contributed by atoms with van der Waals surface area (Å²) in [5.41, 5.74) is 1.94. The number of rotatable bonds is 4. The second-order valence-electron chi connectivity index (χ2n) is 3.28. The number of carbonyl (C=O) groups excluding carboxylic acids is 1. The molecule has 3 heteroatoms. The van der Waals surface area contributed by atoms with Crippen LogP contribution in [0.5, 0.6) is 5.75 Å². The van der Waals surface area contributed by atoms with Crippen LogP contribution in [0.4, 0.5) is 5.69 Å². The number of nitrogens with one attached hydrogen (secondary N) is 1. The molecule has 0 heterocycles. The number of hydrogen-bond donors (Lipinski definition) is 1. The number of ether oxygens (including phenoxy) is 1. The maximum absolute atomic E-state index is 11.2. The third-order valence-electron chi connectivity index (χ3n) is 2.27. The Hall–Kier alpha value is -1.51. The highest BCUT2D eigenvalue weighted by Crippen LogP contribution is 2.22. The summed E-state index contributed by atoms with van der Waals surface area (Å²) in [5.74, 6) is 0.897. The Bertz CT molecular complexity index is 347. The van der Waals surface area contributed by atoms with Crippen LogP contribution in [0.2, 0.25) is 0 Å². The molecule has 0 aliphatic rings. The van der Waals surface area contributed by atoms with E-state index in [9.17, 15) is 4.79 Å². The molecule has 0 aliphatic carbocycles. The van der Waals surface area contributed by atoms with Crippen molar-refractivity contribution >= 4 is 11.6 Å². The molecule has 0 aliphatic heterocycles. The van der Waals surface area contributed by atoms with Gasteiger partial charge in [-0.05, 0) is 30.2 Å². The topological polar surface area (TPSA) is 38.3 Å². The van der Waals surface area contributed by atoms with Gasteiger partial charge in [0.2, 0.25) is 5.91 Å². The predicted octanol–water partition coefficient (Wildman–Crippen LogP) is 2.61. The zero-order chi connectivity index (χ0) is 11.3. The van der Waals surface area contributed by atoms with Crippen molar-refractivity contribution in [2.45, 2.75) is 26.7 Å². The molecule has 0 radical (unpaired) electrons. The molecular formula is C12H17NO2. The predicted molar refractivity (Wildman–Crippen MR) is 61.3 cm³/mol. The lowest BCUT2D eigenvalue weighted by Gasteiger charge is -2.09. The van der Waals surface area contributed by atoms with Crippen LogP contribution < -0.4 is 10.1 Å². The molecule has 0 atom stereocenters. The van der Waals surface area contributed by atoms with E-state index in [1.54, 1.807) is 7.11 Å². The summed E-state index contributed by atoms with van der Waals surface area (Å²) in [7, 11) is 1.65. The fourth-order valence-corrected chi connectivity index (χ4v) is 1.38. The van der Waals surface area contributed by atoms with E-state index in [1.807, 2.05) is 25.1 Å². The third kappa shape index (κ3) is 2.98. The van der Waals surface area contributed by atoms with Crippen LogP contribution in [0.15, 0.2) is 18.2 Å². The molecule has 1 amide bonds. The smallest absolute Gasteiger partial charge is 0.224 e. The lowest BCUT2D eigenvalue weighted by atomic mass is 10.1. The normalized spacial score (nSPS) is 9.80. The molecule has 0 spiro atoms. The molecule has 1 rings (SSSR count). The minimum absolute atomic E-state index is 0.0298. The molecule has 1 N–H and O–H groups in total. The molecule has 0 saturated heterocycles. The maximum atomic E-state index is 11.2. The van der Waals surface area contributed by atoms with Gasteiger partial charge in [0.15, 0.2) is 0 Å². The average molecular weight is 207 g/mol. The standard InChI is InChI=1S/C12H17NO2/c1-4-9-8-10(13-12(14)5-2)6-7-11(9)15-3/h6-8H,4-5H2,1-3H3,(H,13,14). The van der Waals surface area contributed by atoms with E-state index in [0.29, 0.717) is 6.42 Å². The van der Waals surface area contributed by atoms with E-state index >= 15 is 0 Å². The highest BCUT2D eigenvalue weighted by molar-refractivity contribution is 5.90. The van der Waals surface area contributed by atoms with Crippen molar-refractivity contribution in [3.05, 3.63) is 23.8 Å². The van der Waals surface area contributed by atoms with Gasteiger partial charge in [-0.1, -0.05) is 13.8 Å². The lowest BCUT2D eigenvalue weighted by Crippen LogP contribution is -2.09. The molecule has 82 valence electrons. The van der Waals surface area contributed by atoms with Crippen LogP contribution in [0.1, 0.15) is 25.8 Å². The van der Waals surface area contributed by atoms with Crippen molar-refractivity contribution < 1.29 is 9.53 Å². The van der Waals surface area contributed by atoms with Crippen LogP contribution >= 0.6 is 0 Å². The van der Waals surface area contributed by atoms with E-state index in [-0.39, 0.29) is 5.91 Å². The SMILES string of the molecule is CCC(=O)Nc1ccc(OC)c(CC)c1. The number of benzene rings is 1. The molecule has 0 aromatic heterocycles. The largest absolute Gasteiger partial charge is 0.496 e. The van der Waals surface area contributed by atoms with E-state index in [2.05, 4.69) is 12.2 Å². The summed E-state index contributed by atoms with van der Waals surface area (Å²) < 4.78 is 5.21. The number of aryl methyl sites for hydroxylation is 1. The molecule has 0 unspecified atom stereocenters. The monoisotopic (exact) mass is 207 g/mol. The van der Waals surface area contributed by atoms with Gasteiger partial charge >= 0.3 is 0 Å². The Morgan fingerprint density at radius 1 is 1.40 bits per heavy atom. The molecule has 3 nitrogen and oxygen atoms in total. The Morgan fingerprint density at radius 3 is 2.67 bits per heavy atom. The summed E-state index contributed by atoms with van der Waals surface area (Å²) in [6, 6.07) is 5.68. The summed E-state index contributed by atoms with van der Waals surface area (Å²) in [5, 5.41) is 2.82. The van der Waals surface area contributed by atoms with Crippen molar-refractivity contribution in [2.24, 2.45) is 0 Å². The zero-order valence-electron chi connectivity index (χ0n) is 9.46. The number of methoxy groups -OCH3 is 1. The fourth-order valence-electron chi connectivity index (χ4n) is 1.38. The molecule has 0 bridgehead atoms. The average Bonchev–Trinajstić information content (AvgIpc) is 2.28. The number of amides is 1. The Labute approximate surface area is 90.4 Å². The Kier molecular flexibility index (Phi) is 4.16. The molecule has 0 saturated carbocycles. The van der Waals surface area contributed by atoms with Gasteiger partial charge in [0, 0.05) is 12.1 Å².